The summed E-state index contributed by atoms with van der Waals surface area (Å²) in [5, 5.41) is 4.41. The van der Waals surface area contributed by atoms with Crippen molar-refractivity contribution >= 4 is 21.6 Å². The summed E-state index contributed by atoms with van der Waals surface area (Å²) < 4.78 is 2.91. The standard InChI is InChI=1S/C16H14BrN3/c17-15-7-4-8-16(18)14(15)11-20-10-13(9-19-20)12-5-2-1-3-6-12/h1-10H,11,18H2. The first-order valence-electron chi connectivity index (χ1n) is 6.35. The summed E-state index contributed by atoms with van der Waals surface area (Å²) in [5.74, 6) is 0. The van der Waals surface area contributed by atoms with Gasteiger partial charge in [0.2, 0.25) is 0 Å². The third-order valence-electron chi connectivity index (χ3n) is 3.22. The second kappa shape index (κ2) is 5.51. The highest BCUT2D eigenvalue weighted by atomic mass is 79.9. The molecule has 1 aromatic heterocycles. The lowest BCUT2D eigenvalue weighted by Crippen LogP contribution is -2.04. The molecule has 0 fully saturated rings. The Morgan fingerprint density at radius 3 is 2.55 bits per heavy atom. The lowest BCUT2D eigenvalue weighted by atomic mass is 10.1. The second-order valence-electron chi connectivity index (χ2n) is 4.60. The Balaban J connectivity index is 1.88. The third-order valence-corrected chi connectivity index (χ3v) is 3.96. The highest BCUT2D eigenvalue weighted by Gasteiger charge is 2.07. The first-order valence-corrected chi connectivity index (χ1v) is 7.14. The Morgan fingerprint density at radius 1 is 1.00 bits per heavy atom. The van der Waals surface area contributed by atoms with Crippen molar-refractivity contribution < 1.29 is 0 Å². The molecule has 0 amide bonds. The molecule has 100 valence electrons. The van der Waals surface area contributed by atoms with Crippen molar-refractivity contribution in [2.24, 2.45) is 0 Å². The van der Waals surface area contributed by atoms with Gasteiger partial charge < -0.3 is 5.73 Å². The number of halogens is 1. The van der Waals surface area contributed by atoms with Crippen molar-refractivity contribution in [2.75, 3.05) is 5.73 Å². The van der Waals surface area contributed by atoms with E-state index in [1.165, 1.54) is 5.56 Å². The zero-order valence-electron chi connectivity index (χ0n) is 10.8. The van der Waals surface area contributed by atoms with E-state index in [1.54, 1.807) is 0 Å². The second-order valence-corrected chi connectivity index (χ2v) is 5.45. The molecule has 0 radical (unpaired) electrons. The molecule has 0 spiro atoms. The van der Waals surface area contributed by atoms with Crippen molar-refractivity contribution in [3.8, 4) is 11.1 Å². The fraction of sp³-hybridized carbons (Fsp3) is 0.0625. The number of aromatic nitrogens is 2. The molecular formula is C16H14BrN3. The Labute approximate surface area is 126 Å². The summed E-state index contributed by atoms with van der Waals surface area (Å²) in [5.41, 5.74) is 10.1. The topological polar surface area (TPSA) is 43.8 Å². The van der Waals surface area contributed by atoms with Gasteiger partial charge in [0, 0.05) is 27.5 Å². The van der Waals surface area contributed by atoms with Gasteiger partial charge in [-0.3, -0.25) is 4.68 Å². The molecule has 1 heterocycles. The van der Waals surface area contributed by atoms with E-state index >= 15 is 0 Å². The summed E-state index contributed by atoms with van der Waals surface area (Å²) in [7, 11) is 0. The van der Waals surface area contributed by atoms with Crippen LogP contribution in [0.4, 0.5) is 5.69 Å². The van der Waals surface area contributed by atoms with E-state index in [9.17, 15) is 0 Å². The molecule has 0 aliphatic rings. The minimum atomic E-state index is 0.653. The number of benzene rings is 2. The number of anilines is 1. The molecule has 0 aliphatic heterocycles. The Kier molecular flexibility index (Phi) is 3.56. The molecule has 2 N–H and O–H groups in total. The van der Waals surface area contributed by atoms with Crippen molar-refractivity contribution in [1.82, 2.24) is 9.78 Å². The Hall–Kier alpha value is -2.07. The lowest BCUT2D eigenvalue weighted by molar-refractivity contribution is 0.686. The van der Waals surface area contributed by atoms with Crippen LogP contribution in [0.15, 0.2) is 65.4 Å². The predicted octanol–water partition coefficient (Wildman–Crippen LogP) is 3.94. The number of hydrogen-bond acceptors (Lipinski definition) is 2. The molecule has 3 aromatic rings. The van der Waals surface area contributed by atoms with Crippen LogP contribution >= 0.6 is 15.9 Å². The normalized spacial score (nSPS) is 10.7. The minimum Gasteiger partial charge on any atom is -0.398 e. The summed E-state index contributed by atoms with van der Waals surface area (Å²) >= 11 is 3.54. The van der Waals surface area contributed by atoms with Crippen LogP contribution in [-0.4, -0.2) is 9.78 Å². The van der Waals surface area contributed by atoms with Crippen LogP contribution in [0.5, 0.6) is 0 Å². The Morgan fingerprint density at radius 2 is 1.80 bits per heavy atom. The van der Waals surface area contributed by atoms with E-state index in [2.05, 4.69) is 33.2 Å². The largest absolute Gasteiger partial charge is 0.398 e. The van der Waals surface area contributed by atoms with Gasteiger partial charge >= 0.3 is 0 Å². The van der Waals surface area contributed by atoms with Crippen molar-refractivity contribution in [1.29, 1.82) is 0 Å². The van der Waals surface area contributed by atoms with Gasteiger partial charge in [-0.05, 0) is 17.7 Å². The third kappa shape index (κ3) is 2.60. The van der Waals surface area contributed by atoms with Gasteiger partial charge in [-0.2, -0.15) is 5.10 Å². The van der Waals surface area contributed by atoms with Crippen molar-refractivity contribution in [2.45, 2.75) is 6.54 Å². The minimum absolute atomic E-state index is 0.653. The first kappa shape index (κ1) is 12.9. The monoisotopic (exact) mass is 327 g/mol. The molecule has 2 aromatic carbocycles. The van der Waals surface area contributed by atoms with Gasteiger partial charge in [0.15, 0.2) is 0 Å². The molecule has 0 bridgehead atoms. The van der Waals surface area contributed by atoms with Gasteiger partial charge in [0.05, 0.1) is 12.7 Å². The molecule has 0 saturated carbocycles. The fourth-order valence-corrected chi connectivity index (χ4v) is 2.64. The van der Waals surface area contributed by atoms with Crippen LogP contribution < -0.4 is 5.73 Å². The molecule has 4 heteroatoms. The number of nitrogens with zero attached hydrogens (tertiary/aromatic N) is 2. The summed E-state index contributed by atoms with van der Waals surface area (Å²) in [6.45, 7) is 0.653. The van der Waals surface area contributed by atoms with E-state index in [1.807, 2.05) is 53.5 Å². The quantitative estimate of drug-likeness (QED) is 0.740. The molecule has 0 atom stereocenters. The number of hydrogen-bond donors (Lipinski definition) is 1. The van der Waals surface area contributed by atoms with Crippen LogP contribution in [0.25, 0.3) is 11.1 Å². The maximum atomic E-state index is 6.02. The molecule has 20 heavy (non-hydrogen) atoms. The van der Waals surface area contributed by atoms with E-state index in [0.29, 0.717) is 6.54 Å². The highest BCUT2D eigenvalue weighted by Crippen LogP contribution is 2.24. The average molecular weight is 328 g/mol. The maximum Gasteiger partial charge on any atom is 0.0690 e. The first-order chi connectivity index (χ1) is 9.74. The molecule has 3 rings (SSSR count). The molecule has 0 saturated heterocycles. The van der Waals surface area contributed by atoms with Crippen LogP contribution in [0.1, 0.15) is 5.56 Å². The average Bonchev–Trinajstić information content (AvgIpc) is 2.93. The van der Waals surface area contributed by atoms with Gasteiger partial charge in [-0.25, -0.2) is 0 Å². The highest BCUT2D eigenvalue weighted by molar-refractivity contribution is 9.10. The van der Waals surface area contributed by atoms with E-state index in [-0.39, 0.29) is 0 Å². The number of nitrogens with two attached hydrogens (primary N) is 1. The SMILES string of the molecule is Nc1cccc(Br)c1Cn1cc(-c2ccccc2)cn1. The fourth-order valence-electron chi connectivity index (χ4n) is 2.13. The smallest absolute Gasteiger partial charge is 0.0690 e. The van der Waals surface area contributed by atoms with Crippen molar-refractivity contribution in [3.05, 3.63) is 71.0 Å². The summed E-state index contributed by atoms with van der Waals surface area (Å²) in [6.07, 6.45) is 3.91. The van der Waals surface area contributed by atoms with Crippen LogP contribution in [-0.2, 0) is 6.54 Å². The van der Waals surface area contributed by atoms with Gasteiger partial charge in [-0.1, -0.05) is 52.3 Å². The maximum absolute atomic E-state index is 6.02. The zero-order valence-corrected chi connectivity index (χ0v) is 12.4. The van der Waals surface area contributed by atoms with E-state index in [0.717, 1.165) is 21.3 Å². The van der Waals surface area contributed by atoms with Gasteiger partial charge in [0.25, 0.3) is 0 Å². The molecule has 0 unspecified atom stereocenters. The van der Waals surface area contributed by atoms with Gasteiger partial charge in [-0.15, -0.1) is 0 Å². The summed E-state index contributed by atoms with van der Waals surface area (Å²) in [4.78, 5) is 0. The molecule has 0 aliphatic carbocycles. The van der Waals surface area contributed by atoms with Crippen LogP contribution in [0.3, 0.4) is 0 Å². The molecular weight excluding hydrogens is 314 g/mol. The number of nitrogen functional groups attached to an aromatic ring is 1. The van der Waals surface area contributed by atoms with E-state index < -0.39 is 0 Å². The van der Waals surface area contributed by atoms with E-state index in [4.69, 9.17) is 5.73 Å². The Bertz CT molecular complexity index is 699. The molecule has 3 nitrogen and oxygen atoms in total. The van der Waals surface area contributed by atoms with Crippen molar-refractivity contribution in [3.63, 3.8) is 0 Å². The van der Waals surface area contributed by atoms with Crippen LogP contribution in [0, 0.1) is 0 Å². The lowest BCUT2D eigenvalue weighted by Gasteiger charge is -2.08. The predicted molar refractivity (Wildman–Crippen MR) is 85.3 cm³/mol. The number of rotatable bonds is 3. The zero-order chi connectivity index (χ0) is 13.9. The summed E-state index contributed by atoms with van der Waals surface area (Å²) in [6, 6.07) is 16.0. The van der Waals surface area contributed by atoms with Gasteiger partial charge in [0.1, 0.15) is 0 Å². The van der Waals surface area contributed by atoms with Crippen LogP contribution in [0.2, 0.25) is 0 Å².